The highest BCUT2D eigenvalue weighted by molar-refractivity contribution is 6.21. The maximum Gasteiger partial charge on any atom is 0.261 e. The van der Waals surface area contributed by atoms with Crippen LogP contribution in [0.2, 0.25) is 0 Å². The molecule has 2 rings (SSSR count). The lowest BCUT2D eigenvalue weighted by molar-refractivity contribution is 0.0514. The number of nitrogens with zero attached hydrogens (tertiary/aromatic N) is 1. The minimum atomic E-state index is -0.279. The lowest BCUT2D eigenvalue weighted by atomic mass is 10.1. The summed E-state index contributed by atoms with van der Waals surface area (Å²) in [4.78, 5) is 24.9. The molecule has 1 aliphatic heterocycles. The smallest absolute Gasteiger partial charge is 0.261 e. The van der Waals surface area contributed by atoms with Gasteiger partial charge in [0.2, 0.25) is 0 Å². The van der Waals surface area contributed by atoms with Gasteiger partial charge in [0.1, 0.15) is 0 Å². The third-order valence-electron chi connectivity index (χ3n) is 3.04. The Balaban J connectivity index is 0.000000351. The first-order valence-corrected chi connectivity index (χ1v) is 7.60. The zero-order chi connectivity index (χ0) is 17.8. The van der Waals surface area contributed by atoms with E-state index in [4.69, 9.17) is 20.1 Å². The fraction of sp³-hybridized carbons (Fsp3) is 0.500. The number of fused-ring (bicyclic) bond motifs is 1. The van der Waals surface area contributed by atoms with Gasteiger partial charge in [0.15, 0.2) is 0 Å². The van der Waals surface area contributed by atoms with Crippen molar-refractivity contribution in [2.75, 3.05) is 52.8 Å². The zero-order valence-corrected chi connectivity index (χ0v) is 13.4. The van der Waals surface area contributed by atoms with E-state index in [1.165, 1.54) is 4.90 Å². The number of hydrogen-bond acceptors (Lipinski definition) is 7. The topological polar surface area (TPSA) is 117 Å². The molecular formula is C16H23NO7. The van der Waals surface area contributed by atoms with Crippen LogP contribution in [0.4, 0.5) is 0 Å². The Kier molecular flexibility index (Phi) is 9.81. The molecule has 8 nitrogen and oxygen atoms in total. The number of hydrogen-bond donors (Lipinski definition) is 3. The van der Waals surface area contributed by atoms with Gasteiger partial charge in [-0.3, -0.25) is 14.5 Å². The molecule has 0 atom stereocenters. The van der Waals surface area contributed by atoms with Crippen LogP contribution < -0.4 is 0 Å². The normalized spacial score (nSPS) is 12.9. The molecule has 8 heteroatoms. The van der Waals surface area contributed by atoms with Crippen molar-refractivity contribution in [2.45, 2.75) is 0 Å². The molecule has 1 heterocycles. The molecule has 134 valence electrons. The van der Waals surface area contributed by atoms with E-state index in [-0.39, 0.29) is 51.4 Å². The Labute approximate surface area is 140 Å². The lowest BCUT2D eigenvalue weighted by Gasteiger charge is -2.13. The summed E-state index contributed by atoms with van der Waals surface area (Å²) in [6, 6.07) is 6.75. The molecule has 0 spiro atoms. The van der Waals surface area contributed by atoms with E-state index in [0.29, 0.717) is 24.3 Å². The number of imide groups is 1. The van der Waals surface area contributed by atoms with Crippen molar-refractivity contribution in [2.24, 2.45) is 0 Å². The third kappa shape index (κ3) is 5.99. The summed E-state index contributed by atoms with van der Waals surface area (Å²) in [6.07, 6.45) is 0. The molecule has 1 aliphatic rings. The highest BCUT2D eigenvalue weighted by Crippen LogP contribution is 2.21. The average Bonchev–Trinajstić information content (AvgIpc) is 2.85. The van der Waals surface area contributed by atoms with E-state index in [9.17, 15) is 9.59 Å². The quantitative estimate of drug-likeness (QED) is 0.401. The van der Waals surface area contributed by atoms with Gasteiger partial charge < -0.3 is 24.8 Å². The molecule has 0 bridgehead atoms. The molecule has 1 aromatic carbocycles. The molecular weight excluding hydrogens is 318 g/mol. The maximum absolute atomic E-state index is 11.9. The van der Waals surface area contributed by atoms with Crippen LogP contribution in [-0.2, 0) is 9.47 Å². The van der Waals surface area contributed by atoms with E-state index >= 15 is 0 Å². The molecule has 0 radical (unpaired) electrons. The number of aliphatic hydroxyl groups excluding tert-OH is 3. The lowest BCUT2D eigenvalue weighted by Crippen LogP contribution is -2.33. The van der Waals surface area contributed by atoms with Crippen LogP contribution in [0, 0.1) is 0 Å². The highest BCUT2D eigenvalue weighted by Gasteiger charge is 2.34. The summed E-state index contributed by atoms with van der Waals surface area (Å²) in [5.41, 5.74) is 0.888. The van der Waals surface area contributed by atoms with Crippen molar-refractivity contribution >= 4 is 11.8 Å². The van der Waals surface area contributed by atoms with Gasteiger partial charge in [-0.15, -0.1) is 0 Å². The molecule has 24 heavy (non-hydrogen) atoms. The first-order chi connectivity index (χ1) is 11.7. The van der Waals surface area contributed by atoms with Gasteiger partial charge in [-0.25, -0.2) is 0 Å². The van der Waals surface area contributed by atoms with Crippen molar-refractivity contribution in [3.05, 3.63) is 35.4 Å². The monoisotopic (exact) mass is 341 g/mol. The molecule has 0 fully saturated rings. The largest absolute Gasteiger partial charge is 0.394 e. The predicted octanol–water partition coefficient (Wildman–Crippen LogP) is -0.721. The average molecular weight is 341 g/mol. The molecule has 0 saturated carbocycles. The van der Waals surface area contributed by atoms with Gasteiger partial charge in [0.25, 0.3) is 11.8 Å². The number of amides is 2. The minimum Gasteiger partial charge on any atom is -0.394 e. The summed E-state index contributed by atoms with van der Waals surface area (Å²) in [6.45, 7) is 1.30. The Bertz CT molecular complexity index is 482. The summed E-state index contributed by atoms with van der Waals surface area (Å²) in [7, 11) is 0. The maximum atomic E-state index is 11.9. The zero-order valence-electron chi connectivity index (χ0n) is 13.4. The van der Waals surface area contributed by atoms with Crippen molar-refractivity contribution in [1.82, 2.24) is 4.90 Å². The molecule has 0 aliphatic carbocycles. The van der Waals surface area contributed by atoms with Crippen LogP contribution in [0.5, 0.6) is 0 Å². The molecule has 2 amide bonds. The molecule has 0 unspecified atom stereocenters. The van der Waals surface area contributed by atoms with Crippen LogP contribution in [0.1, 0.15) is 20.7 Å². The number of benzene rings is 1. The molecule has 1 aromatic rings. The third-order valence-corrected chi connectivity index (χ3v) is 3.04. The second-order valence-corrected chi connectivity index (χ2v) is 4.70. The molecule has 0 saturated heterocycles. The minimum absolute atomic E-state index is 0.0278. The van der Waals surface area contributed by atoms with Crippen molar-refractivity contribution in [3.63, 3.8) is 0 Å². The first kappa shape index (κ1) is 20.2. The summed E-state index contributed by atoms with van der Waals surface area (Å²) >= 11 is 0. The highest BCUT2D eigenvalue weighted by atomic mass is 16.5. The molecule has 0 aromatic heterocycles. The van der Waals surface area contributed by atoms with Crippen LogP contribution in [0.3, 0.4) is 0 Å². The van der Waals surface area contributed by atoms with Crippen molar-refractivity contribution < 1.29 is 34.4 Å². The number of carbonyl (C=O) groups is 2. The fourth-order valence-corrected chi connectivity index (χ4v) is 2.00. The van der Waals surface area contributed by atoms with E-state index in [1.807, 2.05) is 0 Å². The Morgan fingerprint density at radius 2 is 1.17 bits per heavy atom. The molecule has 3 N–H and O–H groups in total. The Morgan fingerprint density at radius 1 is 0.750 bits per heavy atom. The second-order valence-electron chi connectivity index (χ2n) is 4.70. The second kappa shape index (κ2) is 11.7. The number of carbonyl (C=O) groups excluding carboxylic acids is 2. The van der Waals surface area contributed by atoms with Crippen LogP contribution in [0.15, 0.2) is 24.3 Å². The Morgan fingerprint density at radius 3 is 1.58 bits per heavy atom. The van der Waals surface area contributed by atoms with E-state index in [2.05, 4.69) is 4.74 Å². The van der Waals surface area contributed by atoms with Gasteiger partial charge in [-0.05, 0) is 12.1 Å². The van der Waals surface area contributed by atoms with Gasteiger partial charge in [-0.2, -0.15) is 0 Å². The van der Waals surface area contributed by atoms with Gasteiger partial charge in [0, 0.05) is 0 Å². The number of aliphatic hydroxyl groups is 3. The SMILES string of the molecule is O=C1c2ccccc2C(=O)N1CCOCCO.OCCOCCO. The van der Waals surface area contributed by atoms with Gasteiger partial charge >= 0.3 is 0 Å². The van der Waals surface area contributed by atoms with E-state index < -0.39 is 0 Å². The van der Waals surface area contributed by atoms with E-state index in [1.54, 1.807) is 24.3 Å². The summed E-state index contributed by atoms with van der Waals surface area (Å²) in [5.74, 6) is -0.559. The number of rotatable bonds is 9. The Hall–Kier alpha value is -1.84. The standard InChI is InChI=1S/C12H13NO4.C4H10O3/c14-6-8-17-7-5-13-11(15)9-3-1-2-4-10(9)12(13)16;5-1-3-7-4-2-6/h1-4,14H,5-8H2;5-6H,1-4H2. The van der Waals surface area contributed by atoms with Crippen molar-refractivity contribution in [1.29, 1.82) is 0 Å². The fourth-order valence-electron chi connectivity index (χ4n) is 2.00. The van der Waals surface area contributed by atoms with E-state index in [0.717, 1.165) is 0 Å². The summed E-state index contributed by atoms with van der Waals surface area (Å²) in [5, 5.41) is 24.7. The van der Waals surface area contributed by atoms with Crippen molar-refractivity contribution in [3.8, 4) is 0 Å². The summed E-state index contributed by atoms with van der Waals surface area (Å²) < 4.78 is 9.68. The van der Waals surface area contributed by atoms with Gasteiger partial charge in [0.05, 0.1) is 63.9 Å². The van der Waals surface area contributed by atoms with Crippen LogP contribution in [-0.4, -0.2) is 84.8 Å². The predicted molar refractivity (Wildman–Crippen MR) is 84.7 cm³/mol. The number of ether oxygens (including phenoxy) is 2. The van der Waals surface area contributed by atoms with Crippen LogP contribution >= 0.6 is 0 Å². The van der Waals surface area contributed by atoms with Gasteiger partial charge in [-0.1, -0.05) is 12.1 Å². The van der Waals surface area contributed by atoms with Crippen LogP contribution in [0.25, 0.3) is 0 Å². The first-order valence-electron chi connectivity index (χ1n) is 7.60.